The summed E-state index contributed by atoms with van der Waals surface area (Å²) in [4.78, 5) is 26.5. The van der Waals surface area contributed by atoms with Gasteiger partial charge in [0.05, 0.1) is 5.41 Å². The van der Waals surface area contributed by atoms with Crippen LogP contribution in [0.2, 0.25) is 0 Å². The first-order valence-electron chi connectivity index (χ1n) is 10.4. The van der Waals surface area contributed by atoms with Crippen molar-refractivity contribution in [2.75, 3.05) is 26.2 Å². The standard InChI is InChI=1S/C22H27N7O/c1-16-24-21(26-25-16)22-14-27(10-18-6-4-3-5-7-18)11-19(22)12-29(15-22)20(30)13-28-9-8-23-17(28)2/h3-9,19H,10-15H2,1-2H3,(H,24,25,26)/t19-,22-/m0/s1. The minimum atomic E-state index is -0.223. The van der Waals surface area contributed by atoms with Gasteiger partial charge in [-0.15, -0.1) is 0 Å². The zero-order valence-electron chi connectivity index (χ0n) is 17.5. The van der Waals surface area contributed by atoms with Gasteiger partial charge in [0.15, 0.2) is 5.82 Å². The van der Waals surface area contributed by atoms with E-state index in [1.807, 2.05) is 35.6 Å². The number of carbonyl (C=O) groups excluding carboxylic acids is 1. The Morgan fingerprint density at radius 1 is 1.20 bits per heavy atom. The summed E-state index contributed by atoms with van der Waals surface area (Å²) in [5, 5.41) is 7.55. The van der Waals surface area contributed by atoms with E-state index in [9.17, 15) is 4.79 Å². The number of rotatable bonds is 5. The monoisotopic (exact) mass is 405 g/mol. The van der Waals surface area contributed by atoms with Gasteiger partial charge in [-0.25, -0.2) is 9.97 Å². The Hall–Kier alpha value is -3.00. The van der Waals surface area contributed by atoms with Gasteiger partial charge in [0.2, 0.25) is 5.91 Å². The molecule has 0 bridgehead atoms. The molecule has 1 N–H and O–H groups in total. The summed E-state index contributed by atoms with van der Waals surface area (Å²) in [6.45, 7) is 8.29. The van der Waals surface area contributed by atoms with Crippen molar-refractivity contribution >= 4 is 5.91 Å². The molecule has 2 fully saturated rings. The Morgan fingerprint density at radius 2 is 2.03 bits per heavy atom. The van der Waals surface area contributed by atoms with Crippen LogP contribution in [-0.4, -0.2) is 66.6 Å². The number of likely N-dealkylation sites (tertiary alicyclic amines) is 2. The van der Waals surface area contributed by atoms with Gasteiger partial charge in [-0.2, -0.15) is 5.10 Å². The predicted octanol–water partition coefficient (Wildman–Crippen LogP) is 1.53. The van der Waals surface area contributed by atoms with Crippen molar-refractivity contribution < 1.29 is 4.79 Å². The fraction of sp³-hybridized carbons (Fsp3) is 0.455. The van der Waals surface area contributed by atoms with E-state index in [1.54, 1.807) is 6.20 Å². The van der Waals surface area contributed by atoms with E-state index in [-0.39, 0.29) is 11.3 Å². The number of amides is 1. The molecule has 2 saturated heterocycles. The fourth-order valence-corrected chi connectivity index (χ4v) is 5.02. The van der Waals surface area contributed by atoms with Crippen LogP contribution in [0.4, 0.5) is 0 Å². The average molecular weight is 406 g/mol. The van der Waals surface area contributed by atoms with E-state index < -0.39 is 0 Å². The number of aryl methyl sites for hydroxylation is 2. The Morgan fingerprint density at radius 3 is 2.73 bits per heavy atom. The zero-order valence-corrected chi connectivity index (χ0v) is 17.5. The zero-order chi connectivity index (χ0) is 20.7. The lowest BCUT2D eigenvalue weighted by Crippen LogP contribution is -2.41. The first kappa shape index (κ1) is 19.0. The Balaban J connectivity index is 1.37. The normalized spacial score (nSPS) is 23.8. The van der Waals surface area contributed by atoms with Crippen molar-refractivity contribution in [1.29, 1.82) is 0 Å². The number of nitrogens with zero attached hydrogens (tertiary/aromatic N) is 6. The molecule has 0 unspecified atom stereocenters. The summed E-state index contributed by atoms with van der Waals surface area (Å²) in [5.74, 6) is 2.97. The molecule has 156 valence electrons. The second-order valence-corrected chi connectivity index (χ2v) is 8.63. The summed E-state index contributed by atoms with van der Waals surface area (Å²) in [6, 6.07) is 10.5. The van der Waals surface area contributed by atoms with E-state index in [2.05, 4.69) is 44.3 Å². The third kappa shape index (κ3) is 3.31. The predicted molar refractivity (Wildman–Crippen MR) is 112 cm³/mol. The Labute approximate surface area is 175 Å². The molecule has 0 aliphatic carbocycles. The maximum atomic E-state index is 13.1. The molecule has 0 saturated carbocycles. The summed E-state index contributed by atoms with van der Waals surface area (Å²) in [6.07, 6.45) is 3.60. The van der Waals surface area contributed by atoms with Crippen LogP contribution >= 0.6 is 0 Å². The second kappa shape index (κ2) is 7.36. The lowest BCUT2D eigenvalue weighted by atomic mass is 9.80. The summed E-state index contributed by atoms with van der Waals surface area (Å²) in [5.41, 5.74) is 1.08. The molecule has 4 heterocycles. The molecular formula is C22H27N7O. The van der Waals surface area contributed by atoms with Gasteiger partial charge in [0.25, 0.3) is 0 Å². The topological polar surface area (TPSA) is 82.9 Å². The summed E-state index contributed by atoms with van der Waals surface area (Å²) < 4.78 is 1.90. The van der Waals surface area contributed by atoms with Gasteiger partial charge < -0.3 is 9.47 Å². The van der Waals surface area contributed by atoms with Crippen molar-refractivity contribution in [3.8, 4) is 0 Å². The first-order valence-corrected chi connectivity index (χ1v) is 10.4. The quantitative estimate of drug-likeness (QED) is 0.696. The number of nitrogens with one attached hydrogen (secondary N) is 1. The second-order valence-electron chi connectivity index (χ2n) is 8.63. The molecule has 8 heteroatoms. The molecule has 0 spiro atoms. The largest absolute Gasteiger partial charge is 0.340 e. The molecule has 0 radical (unpaired) electrons. The number of hydrogen-bond donors (Lipinski definition) is 1. The van der Waals surface area contributed by atoms with Crippen LogP contribution in [-0.2, 0) is 23.3 Å². The van der Waals surface area contributed by atoms with Crippen molar-refractivity contribution in [3.05, 3.63) is 65.8 Å². The summed E-state index contributed by atoms with van der Waals surface area (Å²) in [7, 11) is 0. The molecule has 8 nitrogen and oxygen atoms in total. The molecule has 5 rings (SSSR count). The van der Waals surface area contributed by atoms with Gasteiger partial charge in [-0.1, -0.05) is 30.3 Å². The van der Waals surface area contributed by atoms with Crippen molar-refractivity contribution in [2.24, 2.45) is 5.92 Å². The third-order valence-electron chi connectivity index (χ3n) is 6.55. The highest BCUT2D eigenvalue weighted by Gasteiger charge is 2.56. The molecule has 2 atom stereocenters. The third-order valence-corrected chi connectivity index (χ3v) is 6.55. The average Bonchev–Trinajstić information content (AvgIpc) is 3.47. The van der Waals surface area contributed by atoms with Crippen molar-refractivity contribution in [2.45, 2.75) is 32.4 Å². The maximum absolute atomic E-state index is 13.1. The van der Waals surface area contributed by atoms with Gasteiger partial charge >= 0.3 is 0 Å². The van der Waals surface area contributed by atoms with Crippen LogP contribution < -0.4 is 0 Å². The van der Waals surface area contributed by atoms with E-state index in [4.69, 9.17) is 4.98 Å². The molecule has 1 aromatic carbocycles. The van der Waals surface area contributed by atoms with E-state index in [0.29, 0.717) is 19.0 Å². The van der Waals surface area contributed by atoms with E-state index >= 15 is 0 Å². The number of fused-ring (bicyclic) bond motifs is 1. The number of benzene rings is 1. The molecule has 30 heavy (non-hydrogen) atoms. The minimum absolute atomic E-state index is 0.131. The smallest absolute Gasteiger partial charge is 0.242 e. The van der Waals surface area contributed by atoms with Crippen LogP contribution in [0.25, 0.3) is 0 Å². The van der Waals surface area contributed by atoms with Crippen molar-refractivity contribution in [1.82, 2.24) is 34.5 Å². The number of aromatic amines is 1. The lowest BCUT2D eigenvalue weighted by Gasteiger charge is -2.27. The number of hydrogen-bond acceptors (Lipinski definition) is 5. The van der Waals surface area contributed by atoms with Crippen molar-refractivity contribution in [3.63, 3.8) is 0 Å². The SMILES string of the molecule is Cc1nc([C@]23CN(Cc4ccccc4)C[C@H]2CN(C(=O)Cn2ccnc2C)C3)n[nH]1. The van der Waals surface area contributed by atoms with Gasteiger partial charge in [-0.05, 0) is 19.4 Å². The highest BCUT2D eigenvalue weighted by atomic mass is 16.2. The number of carbonyl (C=O) groups is 1. The molecule has 2 aliphatic rings. The van der Waals surface area contributed by atoms with Crippen LogP contribution in [0.1, 0.15) is 23.0 Å². The highest BCUT2D eigenvalue weighted by Crippen LogP contribution is 2.44. The summed E-state index contributed by atoms with van der Waals surface area (Å²) >= 11 is 0. The minimum Gasteiger partial charge on any atom is -0.340 e. The Kier molecular flexibility index (Phi) is 4.66. The molecule has 2 aromatic heterocycles. The Bertz CT molecular complexity index is 1040. The fourth-order valence-electron chi connectivity index (χ4n) is 5.02. The van der Waals surface area contributed by atoms with Crippen LogP contribution in [0, 0.1) is 19.8 Å². The van der Waals surface area contributed by atoms with Gasteiger partial charge in [-0.3, -0.25) is 14.8 Å². The van der Waals surface area contributed by atoms with Crippen LogP contribution in [0.5, 0.6) is 0 Å². The van der Waals surface area contributed by atoms with Crippen LogP contribution in [0.15, 0.2) is 42.7 Å². The molecule has 2 aliphatic heterocycles. The maximum Gasteiger partial charge on any atom is 0.242 e. The number of imidazole rings is 1. The number of aromatic nitrogens is 5. The van der Waals surface area contributed by atoms with Crippen LogP contribution in [0.3, 0.4) is 0 Å². The number of H-pyrrole nitrogens is 1. The van der Waals surface area contributed by atoms with Gasteiger partial charge in [0.1, 0.15) is 18.2 Å². The first-order chi connectivity index (χ1) is 14.5. The highest BCUT2D eigenvalue weighted by molar-refractivity contribution is 5.76. The van der Waals surface area contributed by atoms with E-state index in [1.165, 1.54) is 5.56 Å². The molecule has 1 amide bonds. The van der Waals surface area contributed by atoms with E-state index in [0.717, 1.165) is 43.7 Å². The molecular weight excluding hydrogens is 378 g/mol. The van der Waals surface area contributed by atoms with Gasteiger partial charge in [0, 0.05) is 51.0 Å². The molecule has 3 aromatic rings. The lowest BCUT2D eigenvalue weighted by molar-refractivity contribution is -0.131.